The van der Waals surface area contributed by atoms with Crippen LogP contribution >= 0.6 is 0 Å². The molecule has 0 rings (SSSR count). The number of allylic oxidation sites excluding steroid dienone is 3. The Hall–Kier alpha value is -0.520. The van der Waals surface area contributed by atoms with Crippen molar-refractivity contribution in [2.45, 2.75) is 55.4 Å². The van der Waals surface area contributed by atoms with E-state index in [2.05, 4.69) is 32.6 Å². The van der Waals surface area contributed by atoms with E-state index >= 15 is 0 Å². The van der Waals surface area contributed by atoms with Gasteiger partial charge in [-0.05, 0) is 26.7 Å². The van der Waals surface area contributed by atoms with E-state index in [0.29, 0.717) is 0 Å². The maximum atomic E-state index is 3.67. The van der Waals surface area contributed by atoms with Crippen molar-refractivity contribution in [1.82, 2.24) is 0 Å². The standard InChI is InChI=1S/2C5H10.2CH4/c1-4-5(2)3;1-3-5-4-2;;/h2,4H2,1,3H3;3,5H,4H2,1-2H3;2*1H4. The molecule has 76 valence electrons. The fourth-order valence-corrected chi connectivity index (χ4v) is 0.236. The molecule has 0 saturated carbocycles. The van der Waals surface area contributed by atoms with Gasteiger partial charge in [-0.2, -0.15) is 0 Å². The van der Waals surface area contributed by atoms with Crippen LogP contribution in [0.1, 0.15) is 55.4 Å². The second-order valence-electron chi connectivity index (χ2n) is 2.29. The van der Waals surface area contributed by atoms with Crippen LogP contribution in [0.3, 0.4) is 0 Å². The predicted octanol–water partition coefficient (Wildman–Crippen LogP) is 5.22. The SMILES string of the molecule is C.C.C=C(C)CC.CC=CCC. The van der Waals surface area contributed by atoms with Gasteiger partial charge in [-0.25, -0.2) is 0 Å². The first-order chi connectivity index (χ1) is 4.68. The molecule has 0 radical (unpaired) electrons. The lowest BCUT2D eigenvalue weighted by Gasteiger charge is -1.79. The lowest BCUT2D eigenvalue weighted by atomic mass is 10.3. The second kappa shape index (κ2) is 22.4. The van der Waals surface area contributed by atoms with Crippen molar-refractivity contribution in [2.24, 2.45) is 0 Å². The highest BCUT2D eigenvalue weighted by Crippen LogP contribution is 1.88. The van der Waals surface area contributed by atoms with Gasteiger partial charge in [0.05, 0.1) is 0 Å². The van der Waals surface area contributed by atoms with E-state index in [1.807, 2.05) is 13.8 Å². The van der Waals surface area contributed by atoms with E-state index in [4.69, 9.17) is 0 Å². The van der Waals surface area contributed by atoms with Crippen molar-refractivity contribution in [1.29, 1.82) is 0 Å². The Kier molecular flexibility index (Phi) is 42.1. The van der Waals surface area contributed by atoms with Crippen molar-refractivity contribution in [3.63, 3.8) is 0 Å². The molecule has 0 heteroatoms. The molecule has 0 saturated heterocycles. The Bertz CT molecular complexity index is 88.2. The monoisotopic (exact) mass is 172 g/mol. The van der Waals surface area contributed by atoms with Gasteiger partial charge in [0, 0.05) is 0 Å². The molecule has 0 unspecified atom stereocenters. The Morgan fingerprint density at radius 1 is 1.25 bits per heavy atom. The fraction of sp³-hybridized carbons (Fsp3) is 0.667. The molecule has 0 N–H and O–H groups in total. The first-order valence-electron chi connectivity index (χ1n) is 3.94. The van der Waals surface area contributed by atoms with Crippen molar-refractivity contribution in [3.8, 4) is 0 Å². The molecule has 0 aliphatic rings. The van der Waals surface area contributed by atoms with Crippen LogP contribution in [0, 0.1) is 0 Å². The summed E-state index contributed by atoms with van der Waals surface area (Å²) < 4.78 is 0. The molecule has 0 bridgehead atoms. The van der Waals surface area contributed by atoms with Crippen LogP contribution in [-0.2, 0) is 0 Å². The molecule has 0 aromatic heterocycles. The van der Waals surface area contributed by atoms with Gasteiger partial charge in [-0.3, -0.25) is 0 Å². The molecular weight excluding hydrogens is 144 g/mol. The van der Waals surface area contributed by atoms with Crippen LogP contribution in [0.15, 0.2) is 24.3 Å². The van der Waals surface area contributed by atoms with Gasteiger partial charge < -0.3 is 0 Å². The first-order valence-corrected chi connectivity index (χ1v) is 3.94. The normalized spacial score (nSPS) is 7.33. The second-order valence-corrected chi connectivity index (χ2v) is 2.29. The molecule has 0 aliphatic carbocycles. The topological polar surface area (TPSA) is 0 Å². The van der Waals surface area contributed by atoms with E-state index in [-0.39, 0.29) is 14.9 Å². The van der Waals surface area contributed by atoms with Crippen LogP contribution in [-0.4, -0.2) is 0 Å². The summed E-state index contributed by atoms with van der Waals surface area (Å²) in [6, 6.07) is 0. The molecule has 0 aromatic carbocycles. The van der Waals surface area contributed by atoms with Crippen molar-refractivity contribution >= 4 is 0 Å². The molecule has 0 amide bonds. The fourth-order valence-electron chi connectivity index (χ4n) is 0.236. The van der Waals surface area contributed by atoms with Gasteiger partial charge in [0.2, 0.25) is 0 Å². The average molecular weight is 172 g/mol. The summed E-state index contributed by atoms with van der Waals surface area (Å²) >= 11 is 0. The van der Waals surface area contributed by atoms with Gasteiger partial charge in [0.15, 0.2) is 0 Å². The molecule has 0 atom stereocenters. The first kappa shape index (κ1) is 22.5. The average Bonchev–Trinajstić information content (AvgIpc) is 1.91. The zero-order valence-corrected chi connectivity index (χ0v) is 7.78. The smallest absolute Gasteiger partial charge is 0.0354 e. The minimum absolute atomic E-state index is 0. The maximum absolute atomic E-state index is 3.67. The summed E-state index contributed by atoms with van der Waals surface area (Å²) in [6.07, 6.45) is 6.45. The van der Waals surface area contributed by atoms with Crippen molar-refractivity contribution in [3.05, 3.63) is 24.3 Å². The summed E-state index contributed by atoms with van der Waals surface area (Å²) in [6.45, 7) is 12.0. The van der Waals surface area contributed by atoms with Crippen LogP contribution in [0.25, 0.3) is 0 Å². The zero-order valence-electron chi connectivity index (χ0n) is 7.78. The lowest BCUT2D eigenvalue weighted by Crippen LogP contribution is -1.58. The molecule has 0 nitrogen and oxygen atoms in total. The minimum Gasteiger partial charge on any atom is -0.100 e. The third-order valence-corrected chi connectivity index (χ3v) is 1.07. The number of rotatable bonds is 2. The van der Waals surface area contributed by atoms with Crippen LogP contribution < -0.4 is 0 Å². The van der Waals surface area contributed by atoms with Gasteiger partial charge in [0.25, 0.3) is 0 Å². The Labute approximate surface area is 80.4 Å². The molecule has 0 heterocycles. The van der Waals surface area contributed by atoms with Crippen LogP contribution in [0.2, 0.25) is 0 Å². The third kappa shape index (κ3) is 56.3. The van der Waals surface area contributed by atoms with Crippen molar-refractivity contribution < 1.29 is 0 Å². The maximum Gasteiger partial charge on any atom is -0.0354 e. The van der Waals surface area contributed by atoms with Gasteiger partial charge in [-0.1, -0.05) is 46.4 Å². The largest absolute Gasteiger partial charge is 0.100 e. The van der Waals surface area contributed by atoms with Crippen LogP contribution in [0.4, 0.5) is 0 Å². The van der Waals surface area contributed by atoms with Gasteiger partial charge in [-0.15, -0.1) is 6.58 Å². The molecule has 0 aromatic rings. The van der Waals surface area contributed by atoms with Gasteiger partial charge >= 0.3 is 0 Å². The van der Waals surface area contributed by atoms with Crippen LogP contribution in [0.5, 0.6) is 0 Å². The lowest BCUT2D eigenvalue weighted by molar-refractivity contribution is 1.11. The summed E-state index contributed by atoms with van der Waals surface area (Å²) in [5, 5.41) is 0. The minimum atomic E-state index is 0. The Morgan fingerprint density at radius 3 is 1.58 bits per heavy atom. The van der Waals surface area contributed by atoms with E-state index in [0.717, 1.165) is 12.8 Å². The Morgan fingerprint density at radius 2 is 1.58 bits per heavy atom. The highest BCUT2D eigenvalue weighted by molar-refractivity contribution is 4.84. The number of hydrogen-bond donors (Lipinski definition) is 0. The molecule has 0 spiro atoms. The quantitative estimate of drug-likeness (QED) is 0.501. The van der Waals surface area contributed by atoms with Crippen molar-refractivity contribution in [2.75, 3.05) is 0 Å². The summed E-state index contributed by atoms with van der Waals surface area (Å²) in [4.78, 5) is 0. The molecule has 0 fully saturated rings. The molecule has 12 heavy (non-hydrogen) atoms. The van der Waals surface area contributed by atoms with E-state index in [1.165, 1.54) is 5.57 Å². The molecular formula is C12H28. The van der Waals surface area contributed by atoms with Gasteiger partial charge in [0.1, 0.15) is 0 Å². The predicted molar refractivity (Wildman–Crippen MR) is 63.7 cm³/mol. The zero-order chi connectivity index (χ0) is 8.41. The van der Waals surface area contributed by atoms with E-state index in [9.17, 15) is 0 Å². The summed E-state index contributed by atoms with van der Waals surface area (Å²) in [7, 11) is 0. The molecule has 0 aliphatic heterocycles. The van der Waals surface area contributed by atoms with E-state index < -0.39 is 0 Å². The summed E-state index contributed by atoms with van der Waals surface area (Å²) in [5.74, 6) is 0. The Balaban J connectivity index is -0.0000000457. The highest BCUT2D eigenvalue weighted by Gasteiger charge is 1.67. The highest BCUT2D eigenvalue weighted by atomic mass is 13.7. The number of hydrogen-bond acceptors (Lipinski definition) is 0. The third-order valence-electron chi connectivity index (χ3n) is 1.07. The van der Waals surface area contributed by atoms with E-state index in [1.54, 1.807) is 0 Å². The summed E-state index contributed by atoms with van der Waals surface area (Å²) in [5.41, 5.74) is 1.25.